The largest absolute Gasteiger partial charge is 0.481 e. The van der Waals surface area contributed by atoms with Crippen molar-refractivity contribution in [1.82, 2.24) is 10.6 Å². The van der Waals surface area contributed by atoms with Gasteiger partial charge in [0.1, 0.15) is 12.1 Å². The Morgan fingerprint density at radius 2 is 1.24 bits per heavy atom. The van der Waals surface area contributed by atoms with Crippen LogP contribution in [0.4, 0.5) is 4.79 Å². The molecule has 11 heteroatoms. The van der Waals surface area contributed by atoms with E-state index in [1.165, 1.54) is 0 Å². The first kappa shape index (κ1) is 18.1. The Hall–Kier alpha value is -2.85. The van der Waals surface area contributed by atoms with Gasteiger partial charge in [-0.15, -0.1) is 0 Å². The van der Waals surface area contributed by atoms with Gasteiger partial charge in [-0.25, -0.2) is 14.4 Å². The Kier molecular flexibility index (Phi) is 7.21. The van der Waals surface area contributed by atoms with Gasteiger partial charge in [-0.3, -0.25) is 9.59 Å². The fraction of sp³-hybridized carbons (Fsp3) is 0.500. The first-order valence-corrected chi connectivity index (χ1v) is 5.59. The molecule has 0 unspecified atom stereocenters. The summed E-state index contributed by atoms with van der Waals surface area (Å²) in [6.07, 6.45) is -1.82. The summed E-state index contributed by atoms with van der Waals surface area (Å²) in [6, 6.07) is -4.50. The Morgan fingerprint density at radius 1 is 0.762 bits per heavy atom. The molecular weight excluding hydrogens is 292 g/mol. The van der Waals surface area contributed by atoms with Crippen LogP contribution in [0, 0.1) is 0 Å². The fourth-order valence-electron chi connectivity index (χ4n) is 1.26. The van der Waals surface area contributed by atoms with Crippen LogP contribution in [-0.2, 0) is 19.2 Å². The molecule has 0 spiro atoms. The molecule has 2 amide bonds. The number of nitrogens with one attached hydrogen (secondary N) is 2. The highest BCUT2D eigenvalue weighted by Crippen LogP contribution is 1.99. The molecule has 0 fully saturated rings. The van der Waals surface area contributed by atoms with Gasteiger partial charge in [0.15, 0.2) is 0 Å². The number of hydrogen-bond donors (Lipinski definition) is 6. The molecule has 6 N–H and O–H groups in total. The number of amides is 2. The van der Waals surface area contributed by atoms with E-state index in [-0.39, 0.29) is 0 Å². The van der Waals surface area contributed by atoms with Crippen LogP contribution in [0.3, 0.4) is 0 Å². The summed E-state index contributed by atoms with van der Waals surface area (Å²) in [5.74, 6) is -5.84. The molecular formula is C10H14N2O9. The van der Waals surface area contributed by atoms with Gasteiger partial charge in [0, 0.05) is 6.42 Å². The molecule has 0 radical (unpaired) electrons. The minimum atomic E-state index is -1.74. The van der Waals surface area contributed by atoms with Crippen LogP contribution >= 0.6 is 0 Å². The van der Waals surface area contributed by atoms with Crippen molar-refractivity contribution in [2.45, 2.75) is 31.3 Å². The first-order chi connectivity index (χ1) is 9.63. The smallest absolute Gasteiger partial charge is 0.326 e. The predicted octanol–water partition coefficient (Wildman–Crippen LogP) is -1.47. The standard InChI is InChI=1S/C10H14N2O9/c13-6(14)2-1-4(8(17)18)11-10(21)12-5(9(19)20)3-7(15)16/h4-5H,1-3H2,(H,13,14)(H,15,16)(H,17,18)(H,19,20)(H2,11,12,21)/t4-,5-/m0/s1. The van der Waals surface area contributed by atoms with E-state index in [4.69, 9.17) is 20.4 Å². The molecule has 0 aromatic carbocycles. The lowest BCUT2D eigenvalue weighted by atomic mass is 10.1. The highest BCUT2D eigenvalue weighted by atomic mass is 16.4. The van der Waals surface area contributed by atoms with Crippen LogP contribution in [-0.4, -0.2) is 62.4 Å². The molecule has 118 valence electrons. The Balaban J connectivity index is 4.60. The van der Waals surface area contributed by atoms with Crippen molar-refractivity contribution in [2.24, 2.45) is 0 Å². The van der Waals surface area contributed by atoms with Crippen LogP contribution in [0.5, 0.6) is 0 Å². The maximum atomic E-state index is 11.4. The van der Waals surface area contributed by atoms with Gasteiger partial charge >= 0.3 is 29.9 Å². The van der Waals surface area contributed by atoms with Crippen molar-refractivity contribution in [3.05, 3.63) is 0 Å². The molecule has 0 aliphatic heterocycles. The highest BCUT2D eigenvalue weighted by Gasteiger charge is 2.26. The summed E-state index contributed by atoms with van der Waals surface area (Å²) < 4.78 is 0. The number of carboxylic acid groups (broad SMARTS) is 4. The summed E-state index contributed by atoms with van der Waals surface area (Å²) in [5, 5.41) is 38.0. The second-order valence-electron chi connectivity index (χ2n) is 3.93. The summed E-state index contributed by atoms with van der Waals surface area (Å²) in [5.41, 5.74) is 0. The Bertz CT molecular complexity index is 448. The van der Waals surface area contributed by atoms with E-state index in [9.17, 15) is 24.0 Å². The van der Waals surface area contributed by atoms with E-state index in [2.05, 4.69) is 0 Å². The van der Waals surface area contributed by atoms with Crippen molar-refractivity contribution in [3.8, 4) is 0 Å². The number of rotatable bonds is 9. The van der Waals surface area contributed by atoms with E-state index in [1.807, 2.05) is 5.32 Å². The quantitative estimate of drug-likeness (QED) is 0.295. The van der Waals surface area contributed by atoms with E-state index in [0.717, 1.165) is 0 Å². The normalized spacial score (nSPS) is 12.8. The minimum absolute atomic E-state index is 0.408. The SMILES string of the molecule is O=C(O)CC[C@H](NC(=O)N[C@@H](CC(=O)O)C(=O)O)C(=O)O. The summed E-state index contributed by atoms with van der Waals surface area (Å²) in [6.45, 7) is 0. The molecule has 2 atom stereocenters. The summed E-state index contributed by atoms with van der Waals surface area (Å²) in [7, 11) is 0. The third kappa shape index (κ3) is 8.02. The molecule has 0 saturated heterocycles. The topological polar surface area (TPSA) is 190 Å². The van der Waals surface area contributed by atoms with Crippen molar-refractivity contribution in [2.75, 3.05) is 0 Å². The van der Waals surface area contributed by atoms with Crippen LogP contribution < -0.4 is 10.6 Å². The number of hydrogen-bond acceptors (Lipinski definition) is 5. The third-order valence-corrected chi connectivity index (χ3v) is 2.23. The van der Waals surface area contributed by atoms with E-state index in [0.29, 0.717) is 0 Å². The molecule has 21 heavy (non-hydrogen) atoms. The van der Waals surface area contributed by atoms with Crippen LogP contribution in [0.25, 0.3) is 0 Å². The summed E-state index contributed by atoms with van der Waals surface area (Å²) in [4.78, 5) is 53.7. The van der Waals surface area contributed by atoms with Crippen molar-refractivity contribution >= 4 is 29.9 Å². The monoisotopic (exact) mass is 306 g/mol. The molecule has 0 aromatic rings. The van der Waals surface area contributed by atoms with Crippen LogP contribution in [0.1, 0.15) is 19.3 Å². The maximum Gasteiger partial charge on any atom is 0.326 e. The van der Waals surface area contributed by atoms with Gasteiger partial charge in [-0.05, 0) is 6.42 Å². The molecule has 0 aliphatic rings. The van der Waals surface area contributed by atoms with Gasteiger partial charge in [-0.1, -0.05) is 0 Å². The van der Waals surface area contributed by atoms with Gasteiger partial charge in [-0.2, -0.15) is 0 Å². The number of carbonyl (C=O) groups is 5. The lowest BCUT2D eigenvalue weighted by molar-refractivity contribution is -0.145. The number of urea groups is 1. The molecule has 0 aliphatic carbocycles. The average Bonchev–Trinajstić information content (AvgIpc) is 2.32. The van der Waals surface area contributed by atoms with Gasteiger partial charge < -0.3 is 31.1 Å². The molecule has 0 bridgehead atoms. The summed E-state index contributed by atoms with van der Waals surface area (Å²) >= 11 is 0. The molecule has 0 aromatic heterocycles. The molecule has 11 nitrogen and oxygen atoms in total. The molecule has 0 heterocycles. The third-order valence-electron chi connectivity index (χ3n) is 2.23. The van der Waals surface area contributed by atoms with Crippen LogP contribution in [0.15, 0.2) is 0 Å². The van der Waals surface area contributed by atoms with E-state index in [1.54, 1.807) is 5.32 Å². The zero-order valence-electron chi connectivity index (χ0n) is 10.6. The minimum Gasteiger partial charge on any atom is -0.481 e. The first-order valence-electron chi connectivity index (χ1n) is 5.59. The fourth-order valence-corrected chi connectivity index (χ4v) is 1.26. The Morgan fingerprint density at radius 3 is 1.62 bits per heavy atom. The lowest BCUT2D eigenvalue weighted by Gasteiger charge is -2.17. The maximum absolute atomic E-state index is 11.4. The highest BCUT2D eigenvalue weighted by molar-refractivity contribution is 5.88. The average molecular weight is 306 g/mol. The molecule has 0 rings (SSSR count). The van der Waals surface area contributed by atoms with Gasteiger partial charge in [0.25, 0.3) is 0 Å². The van der Waals surface area contributed by atoms with Gasteiger partial charge in [0.05, 0.1) is 6.42 Å². The van der Waals surface area contributed by atoms with Crippen molar-refractivity contribution < 1.29 is 44.4 Å². The zero-order chi connectivity index (χ0) is 16.6. The van der Waals surface area contributed by atoms with Crippen LogP contribution in [0.2, 0.25) is 0 Å². The Labute approximate surface area is 117 Å². The number of aliphatic carboxylic acids is 4. The van der Waals surface area contributed by atoms with Crippen molar-refractivity contribution in [3.63, 3.8) is 0 Å². The number of carbonyl (C=O) groups excluding carboxylic acids is 1. The molecule has 0 saturated carbocycles. The van der Waals surface area contributed by atoms with E-state index >= 15 is 0 Å². The zero-order valence-corrected chi connectivity index (χ0v) is 10.6. The predicted molar refractivity (Wildman–Crippen MR) is 63.6 cm³/mol. The van der Waals surface area contributed by atoms with E-state index < -0.39 is 61.3 Å². The van der Waals surface area contributed by atoms with Crippen molar-refractivity contribution in [1.29, 1.82) is 0 Å². The second-order valence-corrected chi connectivity index (χ2v) is 3.93. The number of carboxylic acids is 4. The second kappa shape index (κ2) is 8.35. The van der Waals surface area contributed by atoms with Gasteiger partial charge in [0.2, 0.25) is 0 Å². The lowest BCUT2D eigenvalue weighted by Crippen LogP contribution is -2.51.